The zero-order valence-corrected chi connectivity index (χ0v) is 26.1. The van der Waals surface area contributed by atoms with E-state index in [2.05, 4.69) is 37.7 Å². The van der Waals surface area contributed by atoms with Crippen LogP contribution in [0.15, 0.2) is 42.6 Å². The molecule has 3 atom stereocenters. The molecule has 0 radical (unpaired) electrons. The molecular formula is C32H39ClN8O3. The van der Waals surface area contributed by atoms with Gasteiger partial charge in [0, 0.05) is 62.6 Å². The second-order valence-electron chi connectivity index (χ2n) is 11.9. The lowest BCUT2D eigenvalue weighted by Crippen LogP contribution is -2.49. The lowest BCUT2D eigenvalue weighted by molar-refractivity contribution is -0.125. The third-order valence-corrected chi connectivity index (χ3v) is 8.89. The Hall–Kier alpha value is -3.80. The van der Waals surface area contributed by atoms with Crippen LogP contribution in [0, 0.1) is 0 Å². The largest absolute Gasteiger partial charge is 0.381 e. The maximum absolute atomic E-state index is 13.6. The molecule has 1 aromatic carbocycles. The van der Waals surface area contributed by atoms with Crippen molar-refractivity contribution >= 4 is 35.2 Å². The van der Waals surface area contributed by atoms with Crippen LogP contribution in [0.1, 0.15) is 61.3 Å². The van der Waals surface area contributed by atoms with E-state index in [0.717, 1.165) is 55.1 Å². The molecule has 2 aromatic heterocycles. The van der Waals surface area contributed by atoms with Gasteiger partial charge in [-0.1, -0.05) is 29.8 Å². The molecule has 3 N–H and O–H groups in total. The Labute approximate surface area is 262 Å². The summed E-state index contributed by atoms with van der Waals surface area (Å²) in [5, 5.41) is 10.3. The average molecular weight is 619 g/mol. The van der Waals surface area contributed by atoms with Crippen LogP contribution < -0.4 is 20.9 Å². The Morgan fingerprint density at radius 3 is 2.77 bits per heavy atom. The van der Waals surface area contributed by atoms with Crippen molar-refractivity contribution in [2.24, 2.45) is 0 Å². The van der Waals surface area contributed by atoms with Gasteiger partial charge in [0.05, 0.1) is 28.6 Å². The first-order valence-corrected chi connectivity index (χ1v) is 15.7. The van der Waals surface area contributed by atoms with E-state index < -0.39 is 6.04 Å². The summed E-state index contributed by atoms with van der Waals surface area (Å²) in [6.07, 6.45) is 3.34. The highest BCUT2D eigenvalue weighted by atomic mass is 35.5. The Morgan fingerprint density at radius 2 is 1.98 bits per heavy atom. The predicted molar refractivity (Wildman–Crippen MR) is 170 cm³/mol. The van der Waals surface area contributed by atoms with Gasteiger partial charge < -0.3 is 30.5 Å². The zero-order chi connectivity index (χ0) is 30.8. The molecule has 2 fully saturated rings. The number of piperazine rings is 1. The van der Waals surface area contributed by atoms with Crippen LogP contribution in [0.4, 0.5) is 11.8 Å². The van der Waals surface area contributed by atoms with Crippen molar-refractivity contribution in [1.82, 2.24) is 30.5 Å². The van der Waals surface area contributed by atoms with Gasteiger partial charge in [-0.2, -0.15) is 0 Å². The summed E-state index contributed by atoms with van der Waals surface area (Å²) in [6.45, 7) is 10.3. The summed E-state index contributed by atoms with van der Waals surface area (Å²) in [5.74, 6) is 0.966. The number of anilines is 2. The molecule has 12 heteroatoms. The molecule has 0 aliphatic carbocycles. The molecule has 5 heterocycles. The van der Waals surface area contributed by atoms with Gasteiger partial charge in [-0.3, -0.25) is 9.59 Å². The first-order chi connectivity index (χ1) is 21.3. The van der Waals surface area contributed by atoms with E-state index in [1.807, 2.05) is 43.3 Å². The number of ether oxygens (including phenoxy) is 1. The molecule has 44 heavy (non-hydrogen) atoms. The van der Waals surface area contributed by atoms with Gasteiger partial charge in [0.1, 0.15) is 11.9 Å². The van der Waals surface area contributed by atoms with Crippen LogP contribution in [0.3, 0.4) is 0 Å². The molecule has 232 valence electrons. The quantitative estimate of drug-likeness (QED) is 0.346. The molecule has 3 aromatic rings. The summed E-state index contributed by atoms with van der Waals surface area (Å²) in [7, 11) is 0. The number of nitrogens with one attached hydrogen (secondary N) is 3. The standard InChI is InChI=1S/C32H39ClN8O3/c1-19-17-40(12-11-34-19)28-6-4-5-27(38-28)20(2)36-30(42)21(3)41-18-23-8-7-22(15-25(23)31(41)43)29-26(33)16-35-32(39-29)37-24-9-13-44-14-10-24/h4-8,15-16,19-21,24,34H,9-14,17-18H2,1-3H3,(H,36,42)(H,35,37,39)/t19-,20+,21+/m0/s1. The van der Waals surface area contributed by atoms with Crippen LogP contribution >= 0.6 is 11.6 Å². The summed E-state index contributed by atoms with van der Waals surface area (Å²) in [6, 6.07) is 11.2. The van der Waals surface area contributed by atoms with Crippen molar-refractivity contribution < 1.29 is 14.3 Å². The molecule has 3 aliphatic heterocycles. The van der Waals surface area contributed by atoms with Crippen molar-refractivity contribution in [3.8, 4) is 11.3 Å². The third-order valence-electron chi connectivity index (χ3n) is 8.61. The number of halogens is 1. The molecule has 6 rings (SSSR count). The minimum atomic E-state index is -0.670. The molecular weight excluding hydrogens is 580 g/mol. The van der Waals surface area contributed by atoms with Gasteiger partial charge in [-0.05, 0) is 57.4 Å². The van der Waals surface area contributed by atoms with Crippen LogP contribution in [0.5, 0.6) is 0 Å². The van der Waals surface area contributed by atoms with Gasteiger partial charge in [-0.25, -0.2) is 15.0 Å². The fraction of sp³-hybridized carbons (Fsp3) is 0.469. The summed E-state index contributed by atoms with van der Waals surface area (Å²) in [5.41, 5.74) is 3.45. The predicted octanol–water partition coefficient (Wildman–Crippen LogP) is 3.80. The van der Waals surface area contributed by atoms with E-state index in [1.54, 1.807) is 18.0 Å². The van der Waals surface area contributed by atoms with Crippen molar-refractivity contribution in [2.75, 3.05) is 43.1 Å². The highest BCUT2D eigenvalue weighted by Gasteiger charge is 2.35. The van der Waals surface area contributed by atoms with Crippen molar-refractivity contribution in [1.29, 1.82) is 0 Å². The highest BCUT2D eigenvalue weighted by Crippen LogP contribution is 2.32. The third kappa shape index (κ3) is 6.50. The maximum Gasteiger partial charge on any atom is 0.255 e. The minimum Gasteiger partial charge on any atom is -0.381 e. The van der Waals surface area contributed by atoms with Gasteiger partial charge in [0.15, 0.2) is 0 Å². The van der Waals surface area contributed by atoms with Crippen molar-refractivity contribution in [3.05, 3.63) is 64.4 Å². The first-order valence-electron chi connectivity index (χ1n) is 15.3. The summed E-state index contributed by atoms with van der Waals surface area (Å²) in [4.78, 5) is 44.7. The normalized spacial score (nSPS) is 20.3. The van der Waals surface area contributed by atoms with E-state index >= 15 is 0 Å². The summed E-state index contributed by atoms with van der Waals surface area (Å²) >= 11 is 6.51. The second kappa shape index (κ2) is 13.1. The fourth-order valence-corrected chi connectivity index (χ4v) is 6.19. The highest BCUT2D eigenvalue weighted by molar-refractivity contribution is 6.33. The zero-order valence-electron chi connectivity index (χ0n) is 25.3. The number of nitrogens with zero attached hydrogens (tertiary/aromatic N) is 5. The van der Waals surface area contributed by atoms with Gasteiger partial charge in [0.2, 0.25) is 11.9 Å². The SMILES string of the molecule is C[C@H](C(=O)N[C@H](C)c1cccc(N2CCN[C@@H](C)C2)n1)N1Cc2ccc(-c3nc(NC4CCOCC4)ncc3Cl)cc2C1=O. The van der Waals surface area contributed by atoms with E-state index in [0.29, 0.717) is 48.0 Å². The van der Waals surface area contributed by atoms with Gasteiger partial charge in [-0.15, -0.1) is 0 Å². The number of carbonyl (C=O) groups is 2. The van der Waals surface area contributed by atoms with Crippen LogP contribution in [0.25, 0.3) is 11.3 Å². The number of benzene rings is 1. The number of aromatic nitrogens is 3. The molecule has 2 amide bonds. The van der Waals surface area contributed by atoms with E-state index in [4.69, 9.17) is 21.3 Å². The van der Waals surface area contributed by atoms with Crippen LogP contribution in [0.2, 0.25) is 5.02 Å². The smallest absolute Gasteiger partial charge is 0.255 e. The Balaban J connectivity index is 1.12. The molecule has 2 saturated heterocycles. The lowest BCUT2D eigenvalue weighted by atomic mass is 10.0. The van der Waals surface area contributed by atoms with Crippen molar-refractivity contribution in [2.45, 2.75) is 64.3 Å². The van der Waals surface area contributed by atoms with Crippen LogP contribution in [-0.2, 0) is 16.1 Å². The Kier molecular flexibility index (Phi) is 8.97. The van der Waals surface area contributed by atoms with E-state index in [9.17, 15) is 9.59 Å². The average Bonchev–Trinajstić information content (AvgIpc) is 3.37. The molecule has 11 nitrogen and oxygen atoms in total. The maximum atomic E-state index is 13.6. The number of rotatable bonds is 8. The molecule has 0 saturated carbocycles. The number of hydrogen-bond donors (Lipinski definition) is 3. The monoisotopic (exact) mass is 618 g/mol. The van der Waals surface area contributed by atoms with Gasteiger partial charge >= 0.3 is 0 Å². The Morgan fingerprint density at radius 1 is 1.16 bits per heavy atom. The lowest BCUT2D eigenvalue weighted by Gasteiger charge is -2.33. The molecule has 3 aliphatic rings. The topological polar surface area (TPSA) is 125 Å². The molecule has 0 spiro atoms. The van der Waals surface area contributed by atoms with E-state index in [1.165, 1.54) is 0 Å². The number of pyridine rings is 1. The number of amides is 2. The molecule has 0 unspecified atom stereocenters. The van der Waals surface area contributed by atoms with Crippen molar-refractivity contribution in [3.63, 3.8) is 0 Å². The second-order valence-corrected chi connectivity index (χ2v) is 12.3. The van der Waals surface area contributed by atoms with Gasteiger partial charge in [0.25, 0.3) is 5.91 Å². The Bertz CT molecular complexity index is 1530. The fourth-order valence-electron chi connectivity index (χ4n) is 5.99. The molecule has 0 bridgehead atoms. The summed E-state index contributed by atoms with van der Waals surface area (Å²) < 4.78 is 5.44. The first kappa shape index (κ1) is 30.2. The number of hydrogen-bond acceptors (Lipinski definition) is 9. The minimum absolute atomic E-state index is 0.198. The number of fused-ring (bicyclic) bond motifs is 1. The number of carbonyl (C=O) groups excluding carboxylic acids is 2. The van der Waals surface area contributed by atoms with Crippen LogP contribution in [-0.4, -0.2) is 82.6 Å². The van der Waals surface area contributed by atoms with E-state index in [-0.39, 0.29) is 23.9 Å².